The Morgan fingerprint density at radius 3 is 2.22 bits per heavy atom. The maximum atomic E-state index is 11.1. The Hall–Kier alpha value is -0.560. The summed E-state index contributed by atoms with van der Waals surface area (Å²) < 4.78 is 42.1. The Labute approximate surface area is 51.7 Å². The standard InChI is InChI=1S/C2H3F2NO3S/c3-1(4)2(6)5-9(7)8/h1H,(H,5,6)(H,7,8)/p-1. The monoisotopic (exact) mass is 158 g/mol. The second-order valence-electron chi connectivity index (χ2n) is 1.00. The van der Waals surface area contributed by atoms with Gasteiger partial charge in [-0.25, -0.2) is 0 Å². The molecule has 0 aromatic carbocycles. The van der Waals surface area contributed by atoms with Gasteiger partial charge in [-0.1, -0.05) is 0 Å². The lowest BCUT2D eigenvalue weighted by atomic mass is 10.7. The lowest BCUT2D eigenvalue weighted by Gasteiger charge is -2.04. The first-order valence-corrected chi connectivity index (χ1v) is 2.79. The van der Waals surface area contributed by atoms with Crippen LogP contribution in [0.1, 0.15) is 0 Å². The van der Waals surface area contributed by atoms with Crippen molar-refractivity contribution in [1.29, 1.82) is 0 Å². The van der Waals surface area contributed by atoms with Gasteiger partial charge in [0.2, 0.25) is 0 Å². The molecule has 4 nitrogen and oxygen atoms in total. The molecule has 0 bridgehead atoms. The second-order valence-corrected chi connectivity index (χ2v) is 1.68. The first kappa shape index (κ1) is 8.44. The quantitative estimate of drug-likeness (QED) is 0.533. The van der Waals surface area contributed by atoms with Gasteiger partial charge in [0.05, 0.1) is 0 Å². The third kappa shape index (κ3) is 3.98. The van der Waals surface area contributed by atoms with Crippen molar-refractivity contribution in [2.24, 2.45) is 0 Å². The molecule has 1 N–H and O–H groups in total. The number of nitrogens with one attached hydrogen (secondary N) is 1. The maximum absolute atomic E-state index is 11.1. The average molecular weight is 158 g/mol. The van der Waals surface area contributed by atoms with Gasteiger partial charge in [0.15, 0.2) is 0 Å². The van der Waals surface area contributed by atoms with Gasteiger partial charge in [-0.15, -0.1) is 0 Å². The summed E-state index contributed by atoms with van der Waals surface area (Å²) in [7, 11) is 0. The summed E-state index contributed by atoms with van der Waals surface area (Å²) in [5.41, 5.74) is 0. The van der Waals surface area contributed by atoms with Crippen molar-refractivity contribution in [1.82, 2.24) is 4.72 Å². The summed E-state index contributed by atoms with van der Waals surface area (Å²) in [5, 5.41) is 0. The van der Waals surface area contributed by atoms with Crippen LogP contribution in [0.15, 0.2) is 0 Å². The smallest absolute Gasteiger partial charge is 0.316 e. The molecule has 0 heterocycles. The van der Waals surface area contributed by atoms with Crippen LogP contribution in [0.25, 0.3) is 0 Å². The molecule has 0 saturated carbocycles. The summed E-state index contributed by atoms with van der Waals surface area (Å²) in [6.07, 6.45) is -3.29. The van der Waals surface area contributed by atoms with Crippen LogP contribution < -0.4 is 4.72 Å². The molecule has 1 atom stereocenters. The van der Waals surface area contributed by atoms with Gasteiger partial charge >= 0.3 is 6.43 Å². The van der Waals surface area contributed by atoms with E-state index in [-0.39, 0.29) is 0 Å². The topological polar surface area (TPSA) is 69.2 Å². The number of halogens is 2. The predicted octanol–water partition coefficient (Wildman–Crippen LogP) is -0.838. The van der Waals surface area contributed by atoms with Crippen molar-refractivity contribution in [2.45, 2.75) is 6.43 Å². The fourth-order valence-electron chi connectivity index (χ4n) is 0.127. The molecule has 0 fully saturated rings. The molecule has 1 amide bonds. The van der Waals surface area contributed by atoms with E-state index in [1.165, 1.54) is 0 Å². The van der Waals surface area contributed by atoms with Crippen molar-refractivity contribution in [3.8, 4) is 0 Å². The van der Waals surface area contributed by atoms with E-state index < -0.39 is 23.6 Å². The van der Waals surface area contributed by atoms with E-state index in [4.69, 9.17) is 0 Å². The van der Waals surface area contributed by atoms with Gasteiger partial charge < -0.3 is 4.55 Å². The number of hydrogen-bond donors (Lipinski definition) is 1. The highest BCUT2D eigenvalue weighted by Gasteiger charge is 2.13. The number of hydrogen-bond acceptors (Lipinski definition) is 3. The molecule has 0 saturated heterocycles. The Kier molecular flexibility index (Phi) is 3.25. The number of carbonyl (C=O) groups excluding carboxylic acids is 1. The van der Waals surface area contributed by atoms with Gasteiger partial charge in [-0.2, -0.15) is 8.78 Å². The van der Waals surface area contributed by atoms with E-state index in [9.17, 15) is 22.3 Å². The Balaban J connectivity index is 3.64. The molecule has 9 heavy (non-hydrogen) atoms. The molecule has 0 aliphatic heterocycles. The first-order chi connectivity index (χ1) is 4.04. The van der Waals surface area contributed by atoms with Crippen molar-refractivity contribution < 1.29 is 22.3 Å². The van der Waals surface area contributed by atoms with E-state index in [0.717, 1.165) is 4.72 Å². The van der Waals surface area contributed by atoms with Gasteiger partial charge in [0.25, 0.3) is 5.91 Å². The van der Waals surface area contributed by atoms with Crippen molar-refractivity contribution >= 4 is 17.2 Å². The molecule has 0 aliphatic rings. The number of rotatable bonds is 2. The minimum Gasteiger partial charge on any atom is -0.755 e. The lowest BCUT2D eigenvalue weighted by Crippen LogP contribution is -2.30. The van der Waals surface area contributed by atoms with Gasteiger partial charge in [-0.05, 0) is 0 Å². The first-order valence-electron chi connectivity index (χ1n) is 1.72. The highest BCUT2D eigenvalue weighted by molar-refractivity contribution is 7.77. The number of carbonyl (C=O) groups is 1. The molecular formula is C2H2F2NO3S-. The number of alkyl halides is 2. The van der Waals surface area contributed by atoms with E-state index in [1.807, 2.05) is 0 Å². The fourth-order valence-corrected chi connectivity index (χ4v) is 0.380. The van der Waals surface area contributed by atoms with Crippen molar-refractivity contribution in [3.63, 3.8) is 0 Å². The van der Waals surface area contributed by atoms with Crippen LogP contribution in [-0.4, -0.2) is 21.1 Å². The normalized spacial score (nSPS) is 13.3. The molecule has 1 unspecified atom stereocenters. The molecular weight excluding hydrogens is 156 g/mol. The summed E-state index contributed by atoms with van der Waals surface area (Å²) in [4.78, 5) is 9.70. The summed E-state index contributed by atoms with van der Waals surface area (Å²) in [6, 6.07) is 0. The highest BCUT2D eigenvalue weighted by Crippen LogP contribution is 1.89. The highest BCUT2D eigenvalue weighted by atomic mass is 32.2. The number of amides is 1. The van der Waals surface area contributed by atoms with E-state index in [1.54, 1.807) is 0 Å². The van der Waals surface area contributed by atoms with E-state index >= 15 is 0 Å². The summed E-state index contributed by atoms with van der Waals surface area (Å²) in [5.74, 6) is -1.82. The van der Waals surface area contributed by atoms with Crippen LogP contribution in [0.4, 0.5) is 8.78 Å². The minimum absolute atomic E-state index is 0.970. The van der Waals surface area contributed by atoms with Crippen LogP contribution in [-0.2, 0) is 16.1 Å². The van der Waals surface area contributed by atoms with Gasteiger partial charge in [0, 0.05) is 11.3 Å². The molecule has 0 aromatic heterocycles. The Morgan fingerprint density at radius 2 is 2.11 bits per heavy atom. The molecule has 0 rings (SSSR count). The Morgan fingerprint density at radius 1 is 1.67 bits per heavy atom. The van der Waals surface area contributed by atoms with Crippen molar-refractivity contribution in [3.05, 3.63) is 0 Å². The fraction of sp³-hybridized carbons (Fsp3) is 0.500. The van der Waals surface area contributed by atoms with E-state index in [2.05, 4.69) is 0 Å². The average Bonchev–Trinajstić information content (AvgIpc) is 1.63. The minimum atomic E-state index is -3.29. The van der Waals surface area contributed by atoms with E-state index in [0.29, 0.717) is 0 Å². The molecule has 0 radical (unpaired) electrons. The zero-order chi connectivity index (χ0) is 7.44. The SMILES string of the molecule is O=C(NS(=O)[O-])C(F)F. The summed E-state index contributed by atoms with van der Waals surface area (Å²) in [6.45, 7) is 0. The lowest BCUT2D eigenvalue weighted by molar-refractivity contribution is -0.129. The third-order valence-corrected chi connectivity index (χ3v) is 0.750. The van der Waals surface area contributed by atoms with Gasteiger partial charge in [-0.3, -0.25) is 13.7 Å². The molecule has 0 aromatic rings. The van der Waals surface area contributed by atoms with Crippen LogP contribution in [0.3, 0.4) is 0 Å². The van der Waals surface area contributed by atoms with Gasteiger partial charge in [0.1, 0.15) is 0 Å². The maximum Gasteiger partial charge on any atom is 0.316 e. The molecule has 0 aliphatic carbocycles. The summed E-state index contributed by atoms with van der Waals surface area (Å²) >= 11 is -2.95. The van der Waals surface area contributed by atoms with Crippen LogP contribution in [0.5, 0.6) is 0 Å². The zero-order valence-electron chi connectivity index (χ0n) is 3.97. The zero-order valence-corrected chi connectivity index (χ0v) is 4.78. The van der Waals surface area contributed by atoms with Crippen molar-refractivity contribution in [2.75, 3.05) is 0 Å². The second kappa shape index (κ2) is 3.46. The Bertz CT molecular complexity index is 138. The molecule has 54 valence electrons. The van der Waals surface area contributed by atoms with Crippen LogP contribution in [0.2, 0.25) is 0 Å². The molecule has 7 heteroatoms. The predicted molar refractivity (Wildman–Crippen MR) is 23.1 cm³/mol. The molecule has 0 spiro atoms. The largest absolute Gasteiger partial charge is 0.755 e. The van der Waals surface area contributed by atoms with Crippen LogP contribution in [0, 0.1) is 0 Å². The van der Waals surface area contributed by atoms with Crippen LogP contribution >= 0.6 is 0 Å². The third-order valence-electron chi connectivity index (χ3n) is 0.382.